The fourth-order valence-electron chi connectivity index (χ4n) is 4.02. The highest BCUT2D eigenvalue weighted by Gasteiger charge is 2.32. The van der Waals surface area contributed by atoms with Crippen LogP contribution >= 0.6 is 11.3 Å². The number of carbonyl (C=O) groups is 3. The number of nitrogens with zero attached hydrogens (tertiary/aromatic N) is 3. The number of hydrogen-bond donors (Lipinski definition) is 1. The summed E-state index contributed by atoms with van der Waals surface area (Å²) in [6.45, 7) is 1.42. The van der Waals surface area contributed by atoms with E-state index in [2.05, 4.69) is 22.4 Å². The highest BCUT2D eigenvalue weighted by atomic mass is 32.1. The molecule has 1 aromatic heterocycles. The molecule has 2 saturated heterocycles. The number of thiazole rings is 1. The quantitative estimate of drug-likeness (QED) is 0.650. The smallest absolute Gasteiger partial charge is 0.321 e. The molecule has 8 heteroatoms. The highest BCUT2D eigenvalue weighted by molar-refractivity contribution is 7.22. The number of nitrogens with one attached hydrogen (secondary N) is 1. The minimum atomic E-state index is -0.213. The Morgan fingerprint density at radius 1 is 1.07 bits per heavy atom. The molecule has 2 aliphatic rings. The maximum Gasteiger partial charge on any atom is 0.321 e. The van der Waals surface area contributed by atoms with Gasteiger partial charge in [-0.15, -0.1) is 0 Å². The maximum atomic E-state index is 12.7. The van der Waals surface area contributed by atoms with E-state index >= 15 is 0 Å². The number of imide groups is 1. The molecule has 2 aromatic carbocycles. The van der Waals surface area contributed by atoms with E-state index in [0.29, 0.717) is 28.8 Å². The Labute approximate surface area is 177 Å². The summed E-state index contributed by atoms with van der Waals surface area (Å²) >= 11 is 1.28. The van der Waals surface area contributed by atoms with Gasteiger partial charge in [-0.3, -0.25) is 9.59 Å². The van der Waals surface area contributed by atoms with Crippen molar-refractivity contribution in [1.29, 1.82) is 0 Å². The molecule has 3 aromatic rings. The Morgan fingerprint density at radius 2 is 1.83 bits per heavy atom. The van der Waals surface area contributed by atoms with Crippen molar-refractivity contribution in [3.8, 4) is 0 Å². The average Bonchev–Trinajstić information content (AvgIpc) is 3.47. The summed E-state index contributed by atoms with van der Waals surface area (Å²) < 4.78 is 0.818. The number of likely N-dealkylation sites (tertiary alicyclic amines) is 1. The normalized spacial score (nSPS) is 19.1. The van der Waals surface area contributed by atoms with Crippen LogP contribution in [-0.4, -0.2) is 40.8 Å². The lowest BCUT2D eigenvalue weighted by atomic mass is 9.99. The van der Waals surface area contributed by atoms with E-state index < -0.39 is 0 Å². The first kappa shape index (κ1) is 18.7. The topological polar surface area (TPSA) is 82.6 Å². The monoisotopic (exact) mass is 420 g/mol. The number of fused-ring (bicyclic) bond motifs is 1. The van der Waals surface area contributed by atoms with Crippen molar-refractivity contribution in [1.82, 2.24) is 9.88 Å². The fourth-order valence-corrected chi connectivity index (χ4v) is 5.06. The van der Waals surface area contributed by atoms with Gasteiger partial charge in [0.15, 0.2) is 5.13 Å². The van der Waals surface area contributed by atoms with Gasteiger partial charge in [0.25, 0.3) is 0 Å². The molecule has 0 unspecified atom stereocenters. The second-order valence-electron chi connectivity index (χ2n) is 7.57. The second-order valence-corrected chi connectivity index (χ2v) is 8.58. The first-order chi connectivity index (χ1) is 14.6. The van der Waals surface area contributed by atoms with Gasteiger partial charge in [-0.1, -0.05) is 41.7 Å². The van der Waals surface area contributed by atoms with Gasteiger partial charge in [-0.25, -0.2) is 14.7 Å². The van der Waals surface area contributed by atoms with E-state index in [0.717, 1.165) is 22.6 Å². The predicted molar refractivity (Wildman–Crippen MR) is 116 cm³/mol. The summed E-state index contributed by atoms with van der Waals surface area (Å²) in [6.07, 6.45) is 1.41. The van der Waals surface area contributed by atoms with Gasteiger partial charge in [-0.05, 0) is 30.2 Å². The van der Waals surface area contributed by atoms with Gasteiger partial charge in [0.1, 0.15) is 0 Å². The van der Waals surface area contributed by atoms with Crippen molar-refractivity contribution in [3.05, 3.63) is 54.1 Å². The van der Waals surface area contributed by atoms with Gasteiger partial charge in [0.2, 0.25) is 11.8 Å². The summed E-state index contributed by atoms with van der Waals surface area (Å²) in [5, 5.41) is 3.36. The van der Waals surface area contributed by atoms with Crippen LogP contribution in [0.25, 0.3) is 10.2 Å². The standard InChI is InChI=1S/C22H20N4O3S/c27-19-8-9-20(28)26(19)22-24-17-7-6-16(12-18(17)30-22)23-21(29)25-11-10-15(13-25)14-4-2-1-3-5-14/h1-7,12,15H,8-11,13H2,(H,23,29)/t15-/m1/s1. The second kappa shape index (κ2) is 7.53. The third-order valence-electron chi connectivity index (χ3n) is 5.62. The first-order valence-corrected chi connectivity index (χ1v) is 10.8. The molecule has 2 aliphatic heterocycles. The molecule has 30 heavy (non-hydrogen) atoms. The van der Waals surface area contributed by atoms with E-state index in [4.69, 9.17) is 0 Å². The number of carbonyl (C=O) groups excluding carboxylic acids is 3. The number of amides is 4. The van der Waals surface area contributed by atoms with Gasteiger partial charge in [0, 0.05) is 37.5 Å². The molecular weight excluding hydrogens is 400 g/mol. The molecule has 0 saturated carbocycles. The van der Waals surface area contributed by atoms with Gasteiger partial charge in [-0.2, -0.15) is 0 Å². The molecule has 0 spiro atoms. The number of aromatic nitrogens is 1. The maximum absolute atomic E-state index is 12.7. The van der Waals surface area contributed by atoms with Gasteiger partial charge < -0.3 is 10.2 Å². The number of hydrogen-bond acceptors (Lipinski definition) is 5. The third-order valence-corrected chi connectivity index (χ3v) is 6.62. The van der Waals surface area contributed by atoms with Crippen LogP contribution in [0.5, 0.6) is 0 Å². The van der Waals surface area contributed by atoms with Crippen molar-refractivity contribution in [2.75, 3.05) is 23.3 Å². The van der Waals surface area contributed by atoms with Crippen LogP contribution in [0.4, 0.5) is 15.6 Å². The Kier molecular flexibility index (Phi) is 4.71. The molecule has 1 N–H and O–H groups in total. The third kappa shape index (κ3) is 3.43. The molecule has 0 radical (unpaired) electrons. The van der Waals surface area contributed by atoms with Gasteiger partial charge in [0.05, 0.1) is 10.2 Å². The Morgan fingerprint density at radius 3 is 2.60 bits per heavy atom. The van der Waals surface area contributed by atoms with Crippen LogP contribution in [0, 0.1) is 0 Å². The summed E-state index contributed by atoms with van der Waals surface area (Å²) in [5.41, 5.74) is 2.63. The molecular formula is C22H20N4O3S. The summed E-state index contributed by atoms with van der Waals surface area (Å²) in [6, 6.07) is 15.6. The summed E-state index contributed by atoms with van der Waals surface area (Å²) in [7, 11) is 0. The van der Waals surface area contributed by atoms with E-state index in [1.54, 1.807) is 12.1 Å². The van der Waals surface area contributed by atoms with Crippen molar-refractivity contribution in [2.45, 2.75) is 25.2 Å². The largest absolute Gasteiger partial charge is 0.324 e. The molecule has 0 aliphatic carbocycles. The lowest BCUT2D eigenvalue weighted by Gasteiger charge is -2.17. The fraction of sp³-hybridized carbons (Fsp3) is 0.273. The number of rotatable bonds is 3. The number of urea groups is 1. The molecule has 1 atom stereocenters. The minimum absolute atomic E-state index is 0.123. The van der Waals surface area contributed by atoms with E-state index in [1.165, 1.54) is 16.9 Å². The zero-order valence-corrected chi connectivity index (χ0v) is 17.0. The number of anilines is 2. The lowest BCUT2D eigenvalue weighted by molar-refractivity contribution is -0.121. The molecule has 152 valence electrons. The lowest BCUT2D eigenvalue weighted by Crippen LogP contribution is -2.32. The van der Waals surface area contributed by atoms with Crippen molar-refractivity contribution in [3.63, 3.8) is 0 Å². The summed E-state index contributed by atoms with van der Waals surface area (Å²) in [4.78, 5) is 44.1. The molecule has 3 heterocycles. The Balaban J connectivity index is 1.29. The van der Waals surface area contributed by atoms with E-state index in [9.17, 15) is 14.4 Å². The molecule has 4 amide bonds. The van der Waals surface area contributed by atoms with Crippen LogP contribution < -0.4 is 10.2 Å². The molecule has 2 fully saturated rings. The highest BCUT2D eigenvalue weighted by Crippen LogP contribution is 2.33. The van der Waals surface area contributed by atoms with Crippen molar-refractivity contribution < 1.29 is 14.4 Å². The molecule has 5 rings (SSSR count). The van der Waals surface area contributed by atoms with Crippen LogP contribution in [-0.2, 0) is 9.59 Å². The predicted octanol–water partition coefficient (Wildman–Crippen LogP) is 3.97. The van der Waals surface area contributed by atoms with Crippen LogP contribution in [0.3, 0.4) is 0 Å². The Hall–Kier alpha value is -3.26. The first-order valence-electron chi connectivity index (χ1n) is 9.96. The van der Waals surface area contributed by atoms with E-state index in [-0.39, 0.29) is 30.7 Å². The molecule has 0 bridgehead atoms. The SMILES string of the molecule is O=C(Nc1ccc2nc(N3C(=O)CCC3=O)sc2c1)N1CC[C@@H](c2ccccc2)C1. The minimum Gasteiger partial charge on any atom is -0.324 e. The Bertz CT molecular complexity index is 1130. The zero-order valence-electron chi connectivity index (χ0n) is 16.2. The van der Waals surface area contributed by atoms with Crippen molar-refractivity contribution >= 4 is 50.2 Å². The van der Waals surface area contributed by atoms with E-state index in [1.807, 2.05) is 29.2 Å². The van der Waals surface area contributed by atoms with Crippen LogP contribution in [0.15, 0.2) is 48.5 Å². The zero-order chi connectivity index (χ0) is 20.7. The van der Waals surface area contributed by atoms with Crippen molar-refractivity contribution in [2.24, 2.45) is 0 Å². The van der Waals surface area contributed by atoms with Gasteiger partial charge >= 0.3 is 6.03 Å². The van der Waals surface area contributed by atoms with Crippen LogP contribution in [0.1, 0.15) is 30.7 Å². The number of benzene rings is 2. The van der Waals surface area contributed by atoms with Crippen LogP contribution in [0.2, 0.25) is 0 Å². The summed E-state index contributed by atoms with van der Waals surface area (Å²) in [5.74, 6) is -0.0665. The molecule has 7 nitrogen and oxygen atoms in total. The average molecular weight is 420 g/mol.